The van der Waals surface area contributed by atoms with Gasteiger partial charge in [0.2, 0.25) is 5.89 Å². The van der Waals surface area contributed by atoms with E-state index in [1.54, 1.807) is 6.20 Å². The first-order chi connectivity index (χ1) is 14.4. The Morgan fingerprint density at radius 2 is 1.70 bits per heavy atom. The smallest absolute Gasteiger partial charge is 0.268 e. The lowest BCUT2D eigenvalue weighted by Crippen LogP contribution is -2.08. The standard InChI is InChI=1S/C23H20IN5O/c1-14-21(23-28-27-22(30-23)18-7-5-6-8-19(18)24)26-20(13-25-14)17-11-9-16(10-12-17)15(2)29(3)4/h5-13H,2H2,1,3-4H3. The lowest BCUT2D eigenvalue weighted by atomic mass is 10.1. The summed E-state index contributed by atoms with van der Waals surface area (Å²) in [5.41, 5.74) is 5.92. The molecule has 0 aliphatic heterocycles. The van der Waals surface area contributed by atoms with E-state index in [0.717, 1.165) is 37.3 Å². The van der Waals surface area contributed by atoms with E-state index in [2.05, 4.69) is 44.4 Å². The summed E-state index contributed by atoms with van der Waals surface area (Å²) in [5.74, 6) is 0.822. The van der Waals surface area contributed by atoms with Gasteiger partial charge in [-0.15, -0.1) is 10.2 Å². The maximum absolute atomic E-state index is 5.94. The fourth-order valence-electron chi connectivity index (χ4n) is 2.94. The molecule has 0 saturated heterocycles. The Morgan fingerprint density at radius 3 is 2.40 bits per heavy atom. The summed E-state index contributed by atoms with van der Waals surface area (Å²) >= 11 is 2.25. The van der Waals surface area contributed by atoms with Crippen LogP contribution in [-0.4, -0.2) is 39.2 Å². The van der Waals surface area contributed by atoms with Gasteiger partial charge < -0.3 is 9.32 Å². The van der Waals surface area contributed by atoms with Crippen LogP contribution >= 0.6 is 22.6 Å². The molecular weight excluding hydrogens is 489 g/mol. The molecule has 0 atom stereocenters. The molecule has 0 aliphatic carbocycles. The van der Waals surface area contributed by atoms with Crippen molar-refractivity contribution in [3.05, 3.63) is 76.1 Å². The molecule has 150 valence electrons. The molecule has 30 heavy (non-hydrogen) atoms. The fraction of sp³-hybridized carbons (Fsp3) is 0.130. The van der Waals surface area contributed by atoms with Gasteiger partial charge in [0, 0.05) is 28.9 Å². The molecule has 2 heterocycles. The summed E-state index contributed by atoms with van der Waals surface area (Å²) in [5, 5.41) is 8.43. The largest absolute Gasteiger partial charge is 0.414 e. The molecule has 2 aromatic heterocycles. The molecule has 0 aliphatic rings. The van der Waals surface area contributed by atoms with Gasteiger partial charge in [-0.25, -0.2) is 4.98 Å². The van der Waals surface area contributed by atoms with E-state index in [4.69, 9.17) is 9.40 Å². The van der Waals surface area contributed by atoms with Gasteiger partial charge in [-0.1, -0.05) is 43.0 Å². The second kappa shape index (κ2) is 8.35. The molecule has 0 amide bonds. The van der Waals surface area contributed by atoms with Crippen LogP contribution < -0.4 is 0 Å². The van der Waals surface area contributed by atoms with E-state index in [-0.39, 0.29) is 0 Å². The number of aromatic nitrogens is 4. The van der Waals surface area contributed by atoms with Gasteiger partial charge in [-0.05, 0) is 47.2 Å². The molecule has 2 aromatic carbocycles. The Labute approximate surface area is 188 Å². The Kier molecular flexibility index (Phi) is 5.63. The van der Waals surface area contributed by atoms with Gasteiger partial charge >= 0.3 is 0 Å². The monoisotopic (exact) mass is 509 g/mol. The minimum Gasteiger partial charge on any atom is -0.414 e. The SMILES string of the molecule is C=C(c1ccc(-c2cnc(C)c(-c3nnc(-c4ccccc4I)o3)n2)cc1)N(C)C. The summed E-state index contributed by atoms with van der Waals surface area (Å²) in [6.07, 6.45) is 1.76. The maximum Gasteiger partial charge on any atom is 0.268 e. The summed E-state index contributed by atoms with van der Waals surface area (Å²) in [4.78, 5) is 11.2. The minimum absolute atomic E-state index is 0.356. The van der Waals surface area contributed by atoms with E-state index in [0.29, 0.717) is 17.5 Å². The molecule has 0 radical (unpaired) electrons. The number of aryl methyl sites for hydroxylation is 1. The highest BCUT2D eigenvalue weighted by Crippen LogP contribution is 2.29. The number of halogens is 1. The molecule has 7 heteroatoms. The first kappa shape index (κ1) is 20.2. The zero-order valence-corrected chi connectivity index (χ0v) is 19.1. The fourth-order valence-corrected chi connectivity index (χ4v) is 3.56. The van der Waals surface area contributed by atoms with Gasteiger partial charge in [0.25, 0.3) is 5.89 Å². The van der Waals surface area contributed by atoms with E-state index < -0.39 is 0 Å². The van der Waals surface area contributed by atoms with Crippen LogP contribution in [0.4, 0.5) is 0 Å². The topological polar surface area (TPSA) is 67.9 Å². The predicted molar refractivity (Wildman–Crippen MR) is 126 cm³/mol. The highest BCUT2D eigenvalue weighted by Gasteiger charge is 2.17. The van der Waals surface area contributed by atoms with Gasteiger partial charge in [-0.2, -0.15) is 0 Å². The zero-order chi connectivity index (χ0) is 21.3. The predicted octanol–water partition coefficient (Wildman–Crippen LogP) is 5.31. The number of nitrogens with zero attached hydrogens (tertiary/aromatic N) is 5. The average Bonchev–Trinajstić information content (AvgIpc) is 3.23. The summed E-state index contributed by atoms with van der Waals surface area (Å²) < 4.78 is 6.98. The highest BCUT2D eigenvalue weighted by molar-refractivity contribution is 14.1. The van der Waals surface area contributed by atoms with Crippen LogP contribution in [-0.2, 0) is 0 Å². The lowest BCUT2D eigenvalue weighted by molar-refractivity contribution is 0.580. The van der Waals surface area contributed by atoms with Crippen molar-refractivity contribution in [1.29, 1.82) is 0 Å². The first-order valence-electron chi connectivity index (χ1n) is 9.33. The highest BCUT2D eigenvalue weighted by atomic mass is 127. The van der Waals surface area contributed by atoms with Crippen LogP contribution in [0.25, 0.3) is 40.0 Å². The quantitative estimate of drug-likeness (QED) is 0.340. The van der Waals surface area contributed by atoms with Crippen molar-refractivity contribution >= 4 is 28.3 Å². The normalized spacial score (nSPS) is 10.8. The number of rotatable bonds is 5. The molecule has 4 rings (SSSR count). The summed E-state index contributed by atoms with van der Waals surface area (Å²) in [6, 6.07) is 16.0. The third-order valence-corrected chi connectivity index (χ3v) is 5.68. The summed E-state index contributed by atoms with van der Waals surface area (Å²) in [6.45, 7) is 5.98. The Morgan fingerprint density at radius 1 is 1.00 bits per heavy atom. The Hall–Kier alpha value is -3.07. The zero-order valence-electron chi connectivity index (χ0n) is 16.9. The first-order valence-corrected chi connectivity index (χ1v) is 10.4. The van der Waals surface area contributed by atoms with Gasteiger partial charge in [-0.3, -0.25) is 4.98 Å². The second-order valence-electron chi connectivity index (χ2n) is 7.00. The number of hydrogen-bond donors (Lipinski definition) is 0. The molecule has 0 fully saturated rings. The molecule has 6 nitrogen and oxygen atoms in total. The lowest BCUT2D eigenvalue weighted by Gasteiger charge is -2.16. The number of hydrogen-bond acceptors (Lipinski definition) is 6. The van der Waals surface area contributed by atoms with Crippen molar-refractivity contribution in [3.63, 3.8) is 0 Å². The van der Waals surface area contributed by atoms with Crippen molar-refractivity contribution in [3.8, 4) is 34.3 Å². The van der Waals surface area contributed by atoms with E-state index >= 15 is 0 Å². The van der Waals surface area contributed by atoms with Crippen LogP contribution in [0.3, 0.4) is 0 Å². The molecule has 4 aromatic rings. The van der Waals surface area contributed by atoms with E-state index in [1.165, 1.54) is 0 Å². The molecular formula is C23H20IN5O. The van der Waals surface area contributed by atoms with Crippen molar-refractivity contribution in [2.24, 2.45) is 0 Å². The Balaban J connectivity index is 1.68. The van der Waals surface area contributed by atoms with Crippen LogP contribution in [0.1, 0.15) is 11.3 Å². The number of benzene rings is 2. The van der Waals surface area contributed by atoms with Crippen LogP contribution in [0.5, 0.6) is 0 Å². The molecule has 0 saturated carbocycles. The van der Waals surface area contributed by atoms with Crippen molar-refractivity contribution < 1.29 is 4.42 Å². The summed E-state index contributed by atoms with van der Waals surface area (Å²) in [7, 11) is 3.95. The molecule has 0 unspecified atom stereocenters. The van der Waals surface area contributed by atoms with Gasteiger partial charge in [0.05, 0.1) is 23.1 Å². The molecule has 0 bridgehead atoms. The van der Waals surface area contributed by atoms with Crippen molar-refractivity contribution in [2.45, 2.75) is 6.92 Å². The minimum atomic E-state index is 0.356. The maximum atomic E-state index is 5.94. The van der Waals surface area contributed by atoms with E-state index in [9.17, 15) is 0 Å². The van der Waals surface area contributed by atoms with Crippen LogP contribution in [0.15, 0.2) is 65.7 Å². The third-order valence-electron chi connectivity index (χ3n) is 4.74. The third kappa shape index (κ3) is 3.97. The van der Waals surface area contributed by atoms with Gasteiger partial charge in [0.1, 0.15) is 5.69 Å². The van der Waals surface area contributed by atoms with Crippen molar-refractivity contribution in [2.75, 3.05) is 14.1 Å². The molecule has 0 N–H and O–H groups in total. The molecule has 0 spiro atoms. The van der Waals surface area contributed by atoms with Crippen molar-refractivity contribution in [1.82, 2.24) is 25.1 Å². The van der Waals surface area contributed by atoms with Crippen LogP contribution in [0, 0.1) is 10.5 Å². The average molecular weight is 509 g/mol. The van der Waals surface area contributed by atoms with E-state index in [1.807, 2.05) is 74.4 Å². The Bertz CT molecular complexity index is 1210. The van der Waals surface area contributed by atoms with Gasteiger partial charge in [0.15, 0.2) is 0 Å². The second-order valence-corrected chi connectivity index (χ2v) is 8.16. The van der Waals surface area contributed by atoms with Crippen LogP contribution in [0.2, 0.25) is 0 Å².